The van der Waals surface area contributed by atoms with Gasteiger partial charge in [-0.25, -0.2) is 9.67 Å². The number of aliphatic hydroxyl groups is 1. The monoisotopic (exact) mass is 443 g/mol. The van der Waals surface area contributed by atoms with Crippen LogP contribution in [-0.2, 0) is 23.2 Å². The van der Waals surface area contributed by atoms with Gasteiger partial charge in [0.2, 0.25) is 11.8 Å². The Balaban J connectivity index is 1.52. The second-order valence-electron chi connectivity index (χ2n) is 10.1. The van der Waals surface area contributed by atoms with Gasteiger partial charge in [0.15, 0.2) is 0 Å². The van der Waals surface area contributed by atoms with Crippen molar-refractivity contribution in [1.29, 1.82) is 0 Å². The van der Waals surface area contributed by atoms with Crippen LogP contribution in [0.25, 0.3) is 0 Å². The number of hydrogen-bond donors (Lipinski definition) is 2. The van der Waals surface area contributed by atoms with Gasteiger partial charge in [0.25, 0.3) is 0 Å². The Morgan fingerprint density at radius 3 is 2.62 bits per heavy atom. The molecule has 1 aliphatic carbocycles. The summed E-state index contributed by atoms with van der Waals surface area (Å²) in [6.07, 6.45) is 5.25. The fourth-order valence-electron chi connectivity index (χ4n) is 4.33. The highest BCUT2D eigenvalue weighted by Crippen LogP contribution is 2.40. The standard InChI is InChI=1S/C22H33N7O3/c1-13-23-9-15(27(13)5)10-24-20(31)18-8-16(30)11-28(18)21(32)19(22(2,3)4)29-12-17(25-26-29)14-6-7-14/h9,12,14,16,18-19,30H,6-8,10-11H2,1-5H3,(H,24,31)/t16-,18+,19-/m1/s1. The van der Waals surface area contributed by atoms with E-state index < -0.39 is 23.6 Å². The first-order chi connectivity index (χ1) is 15.1. The molecule has 2 aliphatic rings. The molecule has 10 heteroatoms. The molecule has 0 radical (unpaired) electrons. The number of rotatable bonds is 6. The molecule has 2 fully saturated rings. The van der Waals surface area contributed by atoms with E-state index in [0.717, 1.165) is 30.1 Å². The molecule has 0 bridgehead atoms. The van der Waals surface area contributed by atoms with Crippen LogP contribution in [0.15, 0.2) is 12.4 Å². The summed E-state index contributed by atoms with van der Waals surface area (Å²) in [6.45, 7) is 8.24. The van der Waals surface area contributed by atoms with E-state index in [1.807, 2.05) is 45.5 Å². The first-order valence-corrected chi connectivity index (χ1v) is 11.2. The molecule has 2 amide bonds. The molecule has 2 N–H and O–H groups in total. The Kier molecular flexibility index (Phi) is 5.83. The summed E-state index contributed by atoms with van der Waals surface area (Å²) < 4.78 is 3.54. The van der Waals surface area contributed by atoms with Crippen LogP contribution in [0.2, 0.25) is 0 Å². The first kappa shape index (κ1) is 22.4. The molecule has 1 aliphatic heterocycles. The van der Waals surface area contributed by atoms with Crippen LogP contribution >= 0.6 is 0 Å². The third-order valence-corrected chi connectivity index (χ3v) is 6.47. The number of likely N-dealkylation sites (tertiary alicyclic amines) is 1. The van der Waals surface area contributed by atoms with E-state index in [2.05, 4.69) is 20.6 Å². The normalized spacial score (nSPS) is 22.2. The molecule has 0 unspecified atom stereocenters. The molecule has 3 heterocycles. The number of β-amino-alcohol motifs (C(OH)–C–C–N with tert-alkyl or cyclic N) is 1. The summed E-state index contributed by atoms with van der Waals surface area (Å²) in [5, 5.41) is 21.8. The molecule has 174 valence electrons. The Morgan fingerprint density at radius 1 is 1.31 bits per heavy atom. The van der Waals surface area contributed by atoms with Gasteiger partial charge >= 0.3 is 0 Å². The third kappa shape index (κ3) is 4.41. The van der Waals surface area contributed by atoms with E-state index in [4.69, 9.17) is 0 Å². The van der Waals surface area contributed by atoms with Gasteiger partial charge in [0, 0.05) is 32.1 Å². The van der Waals surface area contributed by atoms with Crippen LogP contribution in [0.3, 0.4) is 0 Å². The van der Waals surface area contributed by atoms with Gasteiger partial charge in [0.05, 0.1) is 30.2 Å². The van der Waals surface area contributed by atoms with Crippen molar-refractivity contribution < 1.29 is 14.7 Å². The number of aryl methyl sites for hydroxylation is 1. The van der Waals surface area contributed by atoms with Crippen LogP contribution in [-0.4, -0.2) is 65.1 Å². The van der Waals surface area contributed by atoms with Crippen molar-refractivity contribution in [2.45, 2.75) is 77.6 Å². The minimum atomic E-state index is -0.743. The van der Waals surface area contributed by atoms with Gasteiger partial charge in [-0.05, 0) is 25.2 Å². The number of aliphatic hydroxyl groups excluding tert-OH is 1. The predicted molar refractivity (Wildman–Crippen MR) is 116 cm³/mol. The van der Waals surface area contributed by atoms with E-state index in [1.54, 1.807) is 10.9 Å². The molecule has 4 rings (SSSR count). The maximum absolute atomic E-state index is 13.7. The second-order valence-corrected chi connectivity index (χ2v) is 10.1. The summed E-state index contributed by atoms with van der Waals surface area (Å²) in [5.41, 5.74) is 1.33. The van der Waals surface area contributed by atoms with Crippen molar-refractivity contribution in [3.05, 3.63) is 29.6 Å². The van der Waals surface area contributed by atoms with Gasteiger partial charge in [-0.1, -0.05) is 26.0 Å². The fraction of sp³-hybridized carbons (Fsp3) is 0.682. The zero-order valence-corrected chi connectivity index (χ0v) is 19.4. The number of carbonyl (C=O) groups excluding carboxylic acids is 2. The minimum Gasteiger partial charge on any atom is -0.391 e. The minimum absolute atomic E-state index is 0.124. The molecule has 10 nitrogen and oxygen atoms in total. The van der Waals surface area contributed by atoms with Crippen LogP contribution in [0.4, 0.5) is 0 Å². The van der Waals surface area contributed by atoms with Crippen molar-refractivity contribution >= 4 is 11.8 Å². The van der Waals surface area contributed by atoms with E-state index in [0.29, 0.717) is 12.5 Å². The van der Waals surface area contributed by atoms with Gasteiger partial charge in [-0.2, -0.15) is 0 Å². The Bertz CT molecular complexity index is 1000. The Labute approximate surface area is 188 Å². The number of nitrogens with zero attached hydrogens (tertiary/aromatic N) is 6. The highest BCUT2D eigenvalue weighted by molar-refractivity contribution is 5.90. The number of hydrogen-bond acceptors (Lipinski definition) is 6. The third-order valence-electron chi connectivity index (χ3n) is 6.47. The first-order valence-electron chi connectivity index (χ1n) is 11.2. The lowest BCUT2D eigenvalue weighted by atomic mass is 9.85. The maximum atomic E-state index is 13.7. The second kappa shape index (κ2) is 8.31. The summed E-state index contributed by atoms with van der Waals surface area (Å²) in [7, 11) is 1.89. The molecule has 2 aromatic heterocycles. The van der Waals surface area contributed by atoms with E-state index in [-0.39, 0.29) is 24.8 Å². The lowest BCUT2D eigenvalue weighted by Gasteiger charge is -2.34. The van der Waals surface area contributed by atoms with Crippen LogP contribution in [0, 0.1) is 12.3 Å². The molecule has 1 saturated carbocycles. The summed E-state index contributed by atoms with van der Waals surface area (Å²) >= 11 is 0. The molecular formula is C22H33N7O3. The predicted octanol–water partition coefficient (Wildman–Crippen LogP) is 1.06. The van der Waals surface area contributed by atoms with Crippen molar-refractivity contribution in [2.75, 3.05) is 6.54 Å². The van der Waals surface area contributed by atoms with Crippen LogP contribution in [0.1, 0.15) is 69.2 Å². The number of amides is 2. The lowest BCUT2D eigenvalue weighted by molar-refractivity contribution is -0.144. The number of imidazole rings is 1. The molecule has 32 heavy (non-hydrogen) atoms. The Morgan fingerprint density at radius 2 is 2.03 bits per heavy atom. The van der Waals surface area contributed by atoms with Gasteiger partial charge in [-0.3, -0.25) is 9.59 Å². The summed E-state index contributed by atoms with van der Waals surface area (Å²) in [4.78, 5) is 32.5. The molecular weight excluding hydrogens is 410 g/mol. The van der Waals surface area contributed by atoms with E-state index >= 15 is 0 Å². The number of aromatic nitrogens is 5. The lowest BCUT2D eigenvalue weighted by Crippen LogP contribution is -2.50. The molecule has 0 aromatic carbocycles. The molecule has 0 spiro atoms. The van der Waals surface area contributed by atoms with Crippen LogP contribution in [0.5, 0.6) is 0 Å². The molecule has 3 atom stereocenters. The van der Waals surface area contributed by atoms with E-state index in [9.17, 15) is 14.7 Å². The fourth-order valence-corrected chi connectivity index (χ4v) is 4.33. The van der Waals surface area contributed by atoms with Crippen LogP contribution < -0.4 is 5.32 Å². The zero-order chi connectivity index (χ0) is 23.2. The average Bonchev–Trinajstić information content (AvgIpc) is 3.19. The molecule has 1 saturated heterocycles. The SMILES string of the molecule is Cc1ncc(CNC(=O)[C@@H]2C[C@@H](O)CN2C(=O)[C@@H](n2cc(C3CC3)nn2)C(C)(C)C)n1C. The smallest absolute Gasteiger partial charge is 0.248 e. The zero-order valence-electron chi connectivity index (χ0n) is 19.4. The van der Waals surface area contributed by atoms with Crippen molar-refractivity contribution in [3.8, 4) is 0 Å². The van der Waals surface area contributed by atoms with Crippen molar-refractivity contribution in [2.24, 2.45) is 12.5 Å². The topological polar surface area (TPSA) is 118 Å². The number of carbonyl (C=O) groups is 2. The highest BCUT2D eigenvalue weighted by atomic mass is 16.3. The molecule has 2 aromatic rings. The quantitative estimate of drug-likeness (QED) is 0.689. The van der Waals surface area contributed by atoms with Crippen molar-refractivity contribution in [3.63, 3.8) is 0 Å². The average molecular weight is 444 g/mol. The Hall–Kier alpha value is -2.75. The van der Waals surface area contributed by atoms with Gasteiger partial charge in [-0.15, -0.1) is 5.10 Å². The largest absolute Gasteiger partial charge is 0.391 e. The number of nitrogens with one attached hydrogen (secondary N) is 1. The van der Waals surface area contributed by atoms with Gasteiger partial charge in [0.1, 0.15) is 17.9 Å². The summed E-state index contributed by atoms with van der Waals surface area (Å²) in [5.74, 6) is 0.785. The highest BCUT2D eigenvalue weighted by Gasteiger charge is 2.45. The van der Waals surface area contributed by atoms with Gasteiger partial charge < -0.3 is 19.9 Å². The van der Waals surface area contributed by atoms with Crippen molar-refractivity contribution in [1.82, 2.24) is 34.8 Å². The summed E-state index contributed by atoms with van der Waals surface area (Å²) in [6, 6.07) is -1.36. The maximum Gasteiger partial charge on any atom is 0.248 e. The van der Waals surface area contributed by atoms with E-state index in [1.165, 1.54) is 4.90 Å².